The zero-order valence-corrected chi connectivity index (χ0v) is 11.5. The minimum atomic E-state index is -6.12. The Kier molecular flexibility index (Phi) is 4.01. The highest BCUT2D eigenvalue weighted by atomic mass is 19.4. The highest BCUT2D eigenvalue weighted by Crippen LogP contribution is 2.52. The van der Waals surface area contributed by atoms with Gasteiger partial charge in [0.25, 0.3) is 0 Å². The Morgan fingerprint density at radius 3 is 1.88 bits per heavy atom. The predicted molar refractivity (Wildman–Crippen MR) is 62.5 cm³/mol. The van der Waals surface area contributed by atoms with Crippen molar-refractivity contribution in [2.45, 2.75) is 24.1 Å². The lowest BCUT2D eigenvalue weighted by atomic mass is 9.90. The number of carboxylic acids is 1. The first-order chi connectivity index (χ1) is 11.1. The summed E-state index contributed by atoms with van der Waals surface area (Å²) in [4.78, 5) is 11.1. The largest absolute Gasteiger partial charge is 0.478 e. The summed E-state index contributed by atoms with van der Waals surface area (Å²) < 4.78 is 120. The van der Waals surface area contributed by atoms with E-state index in [2.05, 4.69) is 4.74 Å². The smallest absolute Gasteiger partial charge is 0.441 e. The number of hydrogen-bond donors (Lipinski definition) is 1. The molecule has 0 radical (unpaired) electrons. The summed E-state index contributed by atoms with van der Waals surface area (Å²) in [7, 11) is 0. The van der Waals surface area contributed by atoms with Crippen LogP contribution >= 0.6 is 0 Å². The molecule has 0 atom stereocenters. The second-order valence-corrected chi connectivity index (χ2v) is 4.91. The van der Waals surface area contributed by atoms with Crippen molar-refractivity contribution in [1.29, 1.82) is 0 Å². The van der Waals surface area contributed by atoms with Gasteiger partial charge in [-0.05, 0) is 24.3 Å². The minimum Gasteiger partial charge on any atom is -0.478 e. The number of alkyl halides is 9. The average molecular weight is 380 g/mol. The van der Waals surface area contributed by atoms with Gasteiger partial charge >= 0.3 is 30.1 Å². The first-order valence-corrected chi connectivity index (χ1v) is 6.10. The van der Waals surface area contributed by atoms with Crippen LogP contribution in [0.3, 0.4) is 0 Å². The summed E-state index contributed by atoms with van der Waals surface area (Å²) in [5.41, 5.74) is -9.12. The van der Waals surface area contributed by atoms with Crippen LogP contribution in [0.15, 0.2) is 24.3 Å². The summed E-state index contributed by atoms with van der Waals surface area (Å²) in [6.45, 7) is 0. The molecule has 1 heterocycles. The van der Waals surface area contributed by atoms with E-state index >= 15 is 0 Å². The molecular formula is C13H5F9O3. The third-order valence-corrected chi connectivity index (χ3v) is 3.29. The second kappa shape index (κ2) is 5.30. The number of rotatable bonds is 1. The van der Waals surface area contributed by atoms with Gasteiger partial charge in [0.1, 0.15) is 5.75 Å². The molecule has 12 heteroatoms. The van der Waals surface area contributed by atoms with Crippen LogP contribution in [0, 0.1) is 0 Å². The van der Waals surface area contributed by atoms with Gasteiger partial charge in [-0.1, -0.05) is 0 Å². The van der Waals surface area contributed by atoms with Crippen LogP contribution in [0.25, 0.3) is 5.57 Å². The third-order valence-electron chi connectivity index (χ3n) is 3.29. The van der Waals surface area contributed by atoms with Gasteiger partial charge in [0.05, 0.1) is 11.1 Å². The van der Waals surface area contributed by atoms with Gasteiger partial charge in [-0.3, -0.25) is 0 Å². The fourth-order valence-corrected chi connectivity index (χ4v) is 2.11. The molecule has 0 fully saturated rings. The molecule has 3 nitrogen and oxygen atoms in total. The topological polar surface area (TPSA) is 46.5 Å². The zero-order valence-electron chi connectivity index (χ0n) is 11.5. The fraction of sp³-hybridized carbons (Fsp3) is 0.308. The van der Waals surface area contributed by atoms with E-state index in [1.165, 1.54) is 0 Å². The predicted octanol–water partition coefficient (Wildman–Crippen LogP) is 4.43. The highest BCUT2D eigenvalue weighted by molar-refractivity contribution is 6.17. The molecule has 1 aromatic rings. The quantitative estimate of drug-likeness (QED) is 0.734. The molecule has 0 bridgehead atoms. The lowest BCUT2D eigenvalue weighted by Gasteiger charge is -2.38. The number of fused-ring (bicyclic) bond motifs is 1. The summed E-state index contributed by atoms with van der Waals surface area (Å²) >= 11 is 0. The van der Waals surface area contributed by atoms with Gasteiger partial charge < -0.3 is 9.84 Å². The van der Waals surface area contributed by atoms with Crippen LogP contribution in [0.5, 0.6) is 5.75 Å². The standard InChI is InChI=1S/C13H5F9O3/c14-11(15,16)5-1-2-8-6(3-5)7(9(23)24)4-10(25-8,12(17,18)19)13(20,21)22/h1-4H,(H,23,24). The van der Waals surface area contributed by atoms with Crippen LogP contribution in [-0.4, -0.2) is 29.0 Å². The van der Waals surface area contributed by atoms with Crippen molar-refractivity contribution in [1.82, 2.24) is 0 Å². The Bertz CT molecular complexity index is 727. The monoisotopic (exact) mass is 380 g/mol. The maximum absolute atomic E-state index is 13.0. The summed E-state index contributed by atoms with van der Waals surface area (Å²) in [6, 6.07) is 0.493. The number of carbonyl (C=O) groups is 1. The van der Waals surface area contributed by atoms with Crippen molar-refractivity contribution < 1.29 is 54.2 Å². The molecule has 1 aliphatic rings. The van der Waals surface area contributed by atoms with Gasteiger partial charge in [-0.15, -0.1) is 0 Å². The van der Waals surface area contributed by atoms with E-state index in [1.807, 2.05) is 0 Å². The number of benzene rings is 1. The Balaban J connectivity index is 2.79. The normalized spacial score (nSPS) is 17.4. The SMILES string of the molecule is O=C(O)C1=CC(C(F)(F)F)(C(F)(F)F)Oc2ccc(C(F)(F)F)cc21. The summed E-state index contributed by atoms with van der Waals surface area (Å²) in [6.07, 6.45) is -18.0. The zero-order chi connectivity index (χ0) is 19.4. The van der Waals surface area contributed by atoms with Crippen molar-refractivity contribution in [2.75, 3.05) is 0 Å². The Morgan fingerprint density at radius 2 is 1.48 bits per heavy atom. The Labute approximate surface area is 132 Å². The molecule has 0 saturated carbocycles. The number of ether oxygens (including phenoxy) is 1. The number of aliphatic carboxylic acids is 1. The molecule has 1 aliphatic heterocycles. The van der Waals surface area contributed by atoms with Gasteiger partial charge in [0.15, 0.2) is 0 Å². The van der Waals surface area contributed by atoms with E-state index in [9.17, 15) is 44.3 Å². The third kappa shape index (κ3) is 3.00. The molecule has 0 saturated heterocycles. The van der Waals surface area contributed by atoms with Crippen LogP contribution in [0.4, 0.5) is 39.5 Å². The number of halogens is 9. The first-order valence-electron chi connectivity index (χ1n) is 6.10. The van der Waals surface area contributed by atoms with Crippen molar-refractivity contribution in [3.63, 3.8) is 0 Å². The number of carboxylic acid groups (broad SMARTS) is 1. The molecule has 138 valence electrons. The lowest BCUT2D eigenvalue weighted by Crippen LogP contribution is -2.60. The van der Waals surface area contributed by atoms with Crippen LogP contribution < -0.4 is 4.74 Å². The average Bonchev–Trinajstić information content (AvgIpc) is 2.41. The molecule has 1 N–H and O–H groups in total. The van der Waals surface area contributed by atoms with E-state index in [0.717, 1.165) is 0 Å². The first kappa shape index (κ1) is 18.9. The number of hydrogen-bond acceptors (Lipinski definition) is 2. The summed E-state index contributed by atoms with van der Waals surface area (Å²) in [5.74, 6) is -3.57. The Hall–Kier alpha value is -2.40. The molecule has 0 spiro atoms. The molecule has 25 heavy (non-hydrogen) atoms. The van der Waals surface area contributed by atoms with E-state index in [1.54, 1.807) is 0 Å². The summed E-state index contributed by atoms with van der Waals surface area (Å²) in [5, 5.41) is 8.90. The van der Waals surface area contributed by atoms with Crippen molar-refractivity contribution in [2.24, 2.45) is 0 Å². The molecule has 0 aliphatic carbocycles. The van der Waals surface area contributed by atoms with E-state index in [-0.39, 0.29) is 18.2 Å². The lowest BCUT2D eigenvalue weighted by molar-refractivity contribution is -0.338. The molecular weight excluding hydrogens is 375 g/mol. The van der Waals surface area contributed by atoms with E-state index in [0.29, 0.717) is 0 Å². The van der Waals surface area contributed by atoms with Gasteiger partial charge in [0.2, 0.25) is 0 Å². The molecule has 1 aromatic carbocycles. The van der Waals surface area contributed by atoms with Crippen molar-refractivity contribution in [3.05, 3.63) is 35.4 Å². The maximum atomic E-state index is 13.0. The highest BCUT2D eigenvalue weighted by Gasteiger charge is 2.73. The van der Waals surface area contributed by atoms with Gasteiger partial charge in [-0.2, -0.15) is 39.5 Å². The second-order valence-electron chi connectivity index (χ2n) is 4.91. The molecule has 2 rings (SSSR count). The fourth-order valence-electron chi connectivity index (χ4n) is 2.11. The van der Waals surface area contributed by atoms with Crippen molar-refractivity contribution in [3.8, 4) is 5.75 Å². The van der Waals surface area contributed by atoms with E-state index < -0.39 is 58.6 Å². The van der Waals surface area contributed by atoms with Crippen LogP contribution in [0.1, 0.15) is 11.1 Å². The molecule has 0 aromatic heterocycles. The maximum Gasteiger partial charge on any atom is 0.441 e. The molecule has 0 amide bonds. The van der Waals surface area contributed by atoms with E-state index in [4.69, 9.17) is 5.11 Å². The van der Waals surface area contributed by atoms with Crippen molar-refractivity contribution >= 4 is 11.5 Å². The minimum absolute atomic E-state index is 0.103. The molecule has 0 unspecified atom stereocenters. The van der Waals surface area contributed by atoms with Gasteiger partial charge in [-0.25, -0.2) is 4.79 Å². The van der Waals surface area contributed by atoms with Gasteiger partial charge in [0, 0.05) is 5.56 Å². The Morgan fingerprint density at radius 1 is 0.960 bits per heavy atom. The van der Waals surface area contributed by atoms with Crippen LogP contribution in [0.2, 0.25) is 0 Å². The van der Waals surface area contributed by atoms with Crippen LogP contribution in [-0.2, 0) is 11.0 Å².